The molecule has 2 aliphatic heterocycles. The van der Waals surface area contributed by atoms with E-state index in [9.17, 15) is 0 Å². The van der Waals surface area contributed by atoms with Gasteiger partial charge in [-0.1, -0.05) is 11.6 Å². The minimum absolute atomic E-state index is 0.387. The molecule has 1 fully saturated rings. The molecule has 2 aliphatic rings. The van der Waals surface area contributed by atoms with E-state index in [-0.39, 0.29) is 0 Å². The Morgan fingerprint density at radius 3 is 3.07 bits per heavy atom. The van der Waals surface area contributed by atoms with Crippen LogP contribution in [0.4, 0.5) is 0 Å². The quantitative estimate of drug-likeness (QED) is 0.674. The van der Waals surface area contributed by atoms with E-state index in [1.54, 1.807) is 0 Å². The molecule has 0 aromatic rings. The monoisotopic (exact) mass is 194 g/mol. The summed E-state index contributed by atoms with van der Waals surface area (Å²) < 4.78 is 0. The lowest BCUT2D eigenvalue weighted by atomic mass is 9.98. The summed E-state index contributed by atoms with van der Waals surface area (Å²) in [5, 5.41) is 3.63. The van der Waals surface area contributed by atoms with Gasteiger partial charge in [0.25, 0.3) is 0 Å². The summed E-state index contributed by atoms with van der Waals surface area (Å²) in [6.07, 6.45) is 6.30. The van der Waals surface area contributed by atoms with Gasteiger partial charge in [-0.2, -0.15) is 0 Å². The minimum Gasteiger partial charge on any atom is -0.310 e. The molecule has 1 saturated heterocycles. The van der Waals surface area contributed by atoms with Gasteiger partial charge in [-0.15, -0.1) is 0 Å². The molecule has 14 heavy (non-hydrogen) atoms. The molecule has 1 unspecified atom stereocenters. The fraction of sp³-hybridized carbons (Fsp3) is 0.833. The topological polar surface area (TPSA) is 15.3 Å². The molecule has 0 radical (unpaired) electrons. The molecule has 0 spiro atoms. The van der Waals surface area contributed by atoms with Crippen LogP contribution in [-0.4, -0.2) is 36.6 Å². The van der Waals surface area contributed by atoms with Crippen LogP contribution in [-0.2, 0) is 0 Å². The van der Waals surface area contributed by atoms with Crippen LogP contribution in [0.25, 0.3) is 0 Å². The SMILES string of the molecule is CC1=CCCN(CC2(C)CCCN2)C1. The fourth-order valence-corrected chi connectivity index (χ4v) is 2.71. The number of hydrogen-bond acceptors (Lipinski definition) is 2. The summed E-state index contributed by atoms with van der Waals surface area (Å²) in [5.74, 6) is 0. The number of hydrogen-bond donors (Lipinski definition) is 1. The summed E-state index contributed by atoms with van der Waals surface area (Å²) in [7, 11) is 0. The van der Waals surface area contributed by atoms with Crippen LogP contribution < -0.4 is 5.32 Å². The first kappa shape index (κ1) is 10.2. The lowest BCUT2D eigenvalue weighted by molar-refractivity contribution is 0.213. The van der Waals surface area contributed by atoms with Gasteiger partial charge >= 0.3 is 0 Å². The van der Waals surface area contributed by atoms with Gasteiger partial charge in [0, 0.05) is 25.2 Å². The molecule has 0 aromatic carbocycles. The molecule has 1 atom stereocenters. The van der Waals surface area contributed by atoms with Gasteiger partial charge in [0.1, 0.15) is 0 Å². The molecule has 0 aliphatic carbocycles. The molecule has 0 saturated carbocycles. The number of nitrogens with zero attached hydrogens (tertiary/aromatic N) is 1. The first-order chi connectivity index (χ1) is 6.68. The summed E-state index contributed by atoms with van der Waals surface area (Å²) in [6.45, 7) is 9.47. The zero-order valence-corrected chi connectivity index (χ0v) is 9.47. The number of nitrogens with one attached hydrogen (secondary N) is 1. The Balaban J connectivity index is 1.88. The Morgan fingerprint density at radius 1 is 1.57 bits per heavy atom. The molecular formula is C12H22N2. The van der Waals surface area contributed by atoms with Crippen LogP contribution in [0, 0.1) is 0 Å². The van der Waals surface area contributed by atoms with Crippen molar-refractivity contribution in [2.24, 2.45) is 0 Å². The highest BCUT2D eigenvalue weighted by Crippen LogP contribution is 2.21. The van der Waals surface area contributed by atoms with Gasteiger partial charge in [-0.05, 0) is 39.7 Å². The van der Waals surface area contributed by atoms with Crippen molar-refractivity contribution in [1.29, 1.82) is 0 Å². The second-order valence-electron chi connectivity index (χ2n) is 5.14. The Morgan fingerprint density at radius 2 is 2.43 bits per heavy atom. The predicted molar refractivity (Wildman–Crippen MR) is 60.5 cm³/mol. The molecular weight excluding hydrogens is 172 g/mol. The van der Waals surface area contributed by atoms with Crippen LogP contribution in [0.3, 0.4) is 0 Å². The average Bonchev–Trinajstić information content (AvgIpc) is 2.51. The smallest absolute Gasteiger partial charge is 0.0281 e. The van der Waals surface area contributed by atoms with Crippen LogP contribution >= 0.6 is 0 Å². The summed E-state index contributed by atoms with van der Waals surface area (Å²) in [5.41, 5.74) is 1.93. The van der Waals surface area contributed by atoms with Gasteiger partial charge in [-0.3, -0.25) is 4.90 Å². The maximum absolute atomic E-state index is 3.63. The van der Waals surface area contributed by atoms with Crippen molar-refractivity contribution in [1.82, 2.24) is 10.2 Å². The van der Waals surface area contributed by atoms with Gasteiger partial charge in [0.15, 0.2) is 0 Å². The van der Waals surface area contributed by atoms with E-state index in [4.69, 9.17) is 0 Å². The Kier molecular flexibility index (Phi) is 2.93. The molecule has 2 heterocycles. The van der Waals surface area contributed by atoms with E-state index in [1.807, 2.05) is 0 Å². The molecule has 80 valence electrons. The van der Waals surface area contributed by atoms with Gasteiger partial charge in [0.2, 0.25) is 0 Å². The Labute approximate surface area is 87.4 Å². The van der Waals surface area contributed by atoms with E-state index in [0.29, 0.717) is 5.54 Å². The van der Waals surface area contributed by atoms with E-state index < -0.39 is 0 Å². The van der Waals surface area contributed by atoms with Crippen molar-refractivity contribution in [3.63, 3.8) is 0 Å². The van der Waals surface area contributed by atoms with Crippen molar-refractivity contribution in [3.05, 3.63) is 11.6 Å². The second kappa shape index (κ2) is 4.03. The minimum atomic E-state index is 0.387. The largest absolute Gasteiger partial charge is 0.310 e. The maximum atomic E-state index is 3.63. The highest BCUT2D eigenvalue weighted by atomic mass is 15.2. The van der Waals surface area contributed by atoms with Crippen molar-refractivity contribution >= 4 is 0 Å². The average molecular weight is 194 g/mol. The lowest BCUT2D eigenvalue weighted by Gasteiger charge is -2.34. The molecule has 0 amide bonds. The van der Waals surface area contributed by atoms with Gasteiger partial charge in [-0.25, -0.2) is 0 Å². The molecule has 1 N–H and O–H groups in total. The van der Waals surface area contributed by atoms with Crippen molar-refractivity contribution < 1.29 is 0 Å². The molecule has 2 nitrogen and oxygen atoms in total. The zero-order chi connectivity index (χ0) is 10.0. The molecule has 2 heteroatoms. The normalized spacial score (nSPS) is 34.6. The van der Waals surface area contributed by atoms with E-state index in [2.05, 4.69) is 30.1 Å². The van der Waals surface area contributed by atoms with Gasteiger partial charge < -0.3 is 5.32 Å². The van der Waals surface area contributed by atoms with Crippen LogP contribution in [0.1, 0.15) is 33.1 Å². The highest BCUT2D eigenvalue weighted by Gasteiger charge is 2.30. The second-order valence-corrected chi connectivity index (χ2v) is 5.14. The molecule has 2 rings (SSSR count). The predicted octanol–water partition coefficient (Wildman–Crippen LogP) is 1.78. The third kappa shape index (κ3) is 2.37. The van der Waals surface area contributed by atoms with E-state index in [1.165, 1.54) is 51.0 Å². The van der Waals surface area contributed by atoms with Crippen molar-refractivity contribution in [3.8, 4) is 0 Å². The van der Waals surface area contributed by atoms with E-state index >= 15 is 0 Å². The third-order valence-electron chi connectivity index (χ3n) is 3.44. The summed E-state index contributed by atoms with van der Waals surface area (Å²) >= 11 is 0. The van der Waals surface area contributed by atoms with E-state index in [0.717, 1.165) is 0 Å². The third-order valence-corrected chi connectivity index (χ3v) is 3.44. The number of rotatable bonds is 2. The summed E-state index contributed by atoms with van der Waals surface area (Å²) in [4.78, 5) is 2.59. The summed E-state index contributed by atoms with van der Waals surface area (Å²) in [6, 6.07) is 0. The Bertz CT molecular complexity index is 226. The fourth-order valence-electron chi connectivity index (χ4n) is 2.71. The molecule has 0 bridgehead atoms. The standard InChI is InChI=1S/C12H22N2/c1-11-5-3-8-14(9-11)10-12(2)6-4-7-13-12/h5,13H,3-4,6-10H2,1-2H3. The maximum Gasteiger partial charge on any atom is 0.0281 e. The Hall–Kier alpha value is -0.340. The van der Waals surface area contributed by atoms with Crippen molar-refractivity contribution in [2.45, 2.75) is 38.6 Å². The van der Waals surface area contributed by atoms with Crippen LogP contribution in [0.5, 0.6) is 0 Å². The van der Waals surface area contributed by atoms with Crippen molar-refractivity contribution in [2.75, 3.05) is 26.2 Å². The van der Waals surface area contributed by atoms with Crippen LogP contribution in [0.2, 0.25) is 0 Å². The zero-order valence-electron chi connectivity index (χ0n) is 9.47. The van der Waals surface area contributed by atoms with Gasteiger partial charge in [0.05, 0.1) is 0 Å². The highest BCUT2D eigenvalue weighted by molar-refractivity contribution is 5.06. The first-order valence-corrected chi connectivity index (χ1v) is 5.81. The molecule has 0 aromatic heterocycles. The first-order valence-electron chi connectivity index (χ1n) is 5.81. The lowest BCUT2D eigenvalue weighted by Crippen LogP contribution is -2.48. The van der Waals surface area contributed by atoms with Crippen LogP contribution in [0.15, 0.2) is 11.6 Å².